The van der Waals surface area contributed by atoms with Gasteiger partial charge in [-0.05, 0) is 26.0 Å². The fourth-order valence-corrected chi connectivity index (χ4v) is 2.76. The van der Waals surface area contributed by atoms with E-state index < -0.39 is 0 Å². The first-order chi connectivity index (χ1) is 11.5. The van der Waals surface area contributed by atoms with Gasteiger partial charge < -0.3 is 14.3 Å². The number of amides is 1. The fourth-order valence-electron chi connectivity index (χ4n) is 2.76. The molecule has 0 unspecified atom stereocenters. The molecule has 0 aliphatic carbocycles. The molecule has 1 aliphatic heterocycles. The van der Waals surface area contributed by atoms with Crippen LogP contribution >= 0.6 is 0 Å². The van der Waals surface area contributed by atoms with Crippen molar-refractivity contribution in [3.63, 3.8) is 0 Å². The first-order valence-electron chi connectivity index (χ1n) is 7.67. The summed E-state index contributed by atoms with van der Waals surface area (Å²) in [5, 5.41) is 16.4. The number of aromatic nitrogens is 5. The van der Waals surface area contributed by atoms with Gasteiger partial charge in [0.1, 0.15) is 11.6 Å². The zero-order valence-electron chi connectivity index (χ0n) is 13.7. The summed E-state index contributed by atoms with van der Waals surface area (Å²) in [7, 11) is 1.79. The molecule has 9 nitrogen and oxygen atoms in total. The SMILES string of the molecule is Cc1cc(C(=O)N(C)C2CN(c3ccc4nnc(C)n4n3)C2)no1. The van der Waals surface area contributed by atoms with Gasteiger partial charge in [-0.2, -0.15) is 4.52 Å². The van der Waals surface area contributed by atoms with E-state index in [4.69, 9.17) is 4.52 Å². The lowest BCUT2D eigenvalue weighted by molar-refractivity contribution is 0.0694. The first kappa shape index (κ1) is 14.6. The largest absolute Gasteiger partial charge is 0.361 e. The molecule has 3 aromatic rings. The van der Waals surface area contributed by atoms with Crippen LogP contribution < -0.4 is 4.90 Å². The Labute approximate surface area is 137 Å². The molecule has 9 heteroatoms. The lowest BCUT2D eigenvalue weighted by Gasteiger charge is -2.44. The van der Waals surface area contributed by atoms with Crippen LogP contribution in [0.2, 0.25) is 0 Å². The minimum absolute atomic E-state index is 0.119. The topological polar surface area (TPSA) is 92.7 Å². The number of aryl methyl sites for hydroxylation is 2. The van der Waals surface area contributed by atoms with Crippen LogP contribution in [-0.4, -0.2) is 62.0 Å². The Balaban J connectivity index is 1.45. The van der Waals surface area contributed by atoms with Crippen molar-refractivity contribution >= 4 is 17.4 Å². The zero-order valence-corrected chi connectivity index (χ0v) is 13.7. The Bertz CT molecular complexity index is 910. The van der Waals surface area contributed by atoms with E-state index in [0.29, 0.717) is 11.5 Å². The van der Waals surface area contributed by atoms with E-state index in [0.717, 1.165) is 30.4 Å². The Morgan fingerprint density at radius 3 is 2.79 bits per heavy atom. The molecular weight excluding hydrogens is 310 g/mol. The molecule has 4 rings (SSSR count). The number of carbonyl (C=O) groups excluding carboxylic acids is 1. The molecule has 4 heterocycles. The summed E-state index contributed by atoms with van der Waals surface area (Å²) in [6.45, 7) is 5.07. The van der Waals surface area contributed by atoms with Crippen molar-refractivity contribution in [1.82, 2.24) is 29.9 Å². The molecule has 0 N–H and O–H groups in total. The van der Waals surface area contributed by atoms with E-state index in [1.165, 1.54) is 0 Å². The molecular formula is C15H17N7O2. The average Bonchev–Trinajstić information content (AvgIpc) is 3.12. The van der Waals surface area contributed by atoms with Crippen LogP contribution in [0.15, 0.2) is 22.7 Å². The van der Waals surface area contributed by atoms with E-state index in [1.54, 1.807) is 29.5 Å². The van der Waals surface area contributed by atoms with Crippen molar-refractivity contribution in [2.75, 3.05) is 25.0 Å². The maximum Gasteiger partial charge on any atom is 0.276 e. The van der Waals surface area contributed by atoms with Gasteiger partial charge in [0.05, 0.1) is 6.04 Å². The van der Waals surface area contributed by atoms with Crippen molar-refractivity contribution in [3.8, 4) is 0 Å². The Morgan fingerprint density at radius 2 is 2.08 bits per heavy atom. The lowest BCUT2D eigenvalue weighted by atomic mass is 10.1. The van der Waals surface area contributed by atoms with Crippen LogP contribution in [0, 0.1) is 13.8 Å². The molecule has 0 spiro atoms. The summed E-state index contributed by atoms with van der Waals surface area (Å²) in [5.74, 6) is 2.09. The third-order valence-electron chi connectivity index (χ3n) is 4.31. The van der Waals surface area contributed by atoms with Gasteiger partial charge in [-0.1, -0.05) is 5.16 Å². The van der Waals surface area contributed by atoms with Crippen LogP contribution in [0.3, 0.4) is 0 Å². The Kier molecular flexibility index (Phi) is 3.22. The average molecular weight is 327 g/mol. The molecule has 1 saturated heterocycles. The van der Waals surface area contributed by atoms with Gasteiger partial charge in [-0.15, -0.1) is 15.3 Å². The monoisotopic (exact) mass is 327 g/mol. The number of likely N-dealkylation sites (N-methyl/N-ethyl adjacent to an activating group) is 1. The van der Waals surface area contributed by atoms with Crippen molar-refractivity contribution in [2.24, 2.45) is 0 Å². The van der Waals surface area contributed by atoms with E-state index >= 15 is 0 Å². The first-order valence-corrected chi connectivity index (χ1v) is 7.67. The van der Waals surface area contributed by atoms with E-state index in [-0.39, 0.29) is 11.9 Å². The van der Waals surface area contributed by atoms with Gasteiger partial charge in [0, 0.05) is 26.2 Å². The van der Waals surface area contributed by atoms with E-state index in [2.05, 4.69) is 25.4 Å². The molecule has 1 fully saturated rings. The van der Waals surface area contributed by atoms with Crippen LogP contribution in [0.5, 0.6) is 0 Å². The minimum Gasteiger partial charge on any atom is -0.361 e. The summed E-state index contributed by atoms with van der Waals surface area (Å²) >= 11 is 0. The summed E-state index contributed by atoms with van der Waals surface area (Å²) in [4.78, 5) is 16.2. The van der Waals surface area contributed by atoms with Crippen LogP contribution in [-0.2, 0) is 0 Å². The van der Waals surface area contributed by atoms with Crippen molar-refractivity contribution in [2.45, 2.75) is 19.9 Å². The molecule has 0 saturated carbocycles. The third-order valence-corrected chi connectivity index (χ3v) is 4.31. The predicted octanol–water partition coefficient (Wildman–Crippen LogP) is 0.690. The van der Waals surface area contributed by atoms with Crippen molar-refractivity contribution in [3.05, 3.63) is 35.5 Å². The summed E-state index contributed by atoms with van der Waals surface area (Å²) in [6.07, 6.45) is 0. The van der Waals surface area contributed by atoms with Gasteiger partial charge >= 0.3 is 0 Å². The molecule has 0 bridgehead atoms. The summed E-state index contributed by atoms with van der Waals surface area (Å²) in [6, 6.07) is 5.58. The molecule has 24 heavy (non-hydrogen) atoms. The second-order valence-electron chi connectivity index (χ2n) is 6.01. The van der Waals surface area contributed by atoms with E-state index in [1.807, 2.05) is 19.1 Å². The second-order valence-corrected chi connectivity index (χ2v) is 6.01. The molecule has 1 aliphatic rings. The Hall–Kier alpha value is -2.97. The molecule has 124 valence electrons. The number of nitrogens with zero attached hydrogens (tertiary/aromatic N) is 7. The maximum absolute atomic E-state index is 12.4. The Morgan fingerprint density at radius 1 is 1.29 bits per heavy atom. The highest BCUT2D eigenvalue weighted by molar-refractivity contribution is 5.92. The van der Waals surface area contributed by atoms with Gasteiger partial charge in [0.15, 0.2) is 17.2 Å². The van der Waals surface area contributed by atoms with Gasteiger partial charge in [0.2, 0.25) is 0 Å². The van der Waals surface area contributed by atoms with Crippen LogP contribution in [0.4, 0.5) is 5.82 Å². The highest BCUT2D eigenvalue weighted by atomic mass is 16.5. The summed E-state index contributed by atoms with van der Waals surface area (Å²) < 4.78 is 6.69. The molecule has 0 atom stereocenters. The van der Waals surface area contributed by atoms with Crippen LogP contribution in [0.1, 0.15) is 22.1 Å². The van der Waals surface area contributed by atoms with E-state index in [9.17, 15) is 4.79 Å². The standard InChI is InChI=1S/C15H17N7O2/c1-9-6-12(19-24-9)15(23)20(3)11-7-21(8-11)14-5-4-13-17-16-10(2)22(13)18-14/h4-6,11H,7-8H2,1-3H3. The maximum atomic E-state index is 12.4. The number of hydrogen-bond acceptors (Lipinski definition) is 7. The second kappa shape index (κ2) is 5.29. The van der Waals surface area contributed by atoms with Gasteiger partial charge in [-0.25, -0.2) is 0 Å². The predicted molar refractivity (Wildman–Crippen MR) is 84.9 cm³/mol. The quantitative estimate of drug-likeness (QED) is 0.698. The van der Waals surface area contributed by atoms with Gasteiger partial charge in [-0.3, -0.25) is 4.79 Å². The third kappa shape index (κ3) is 2.29. The highest BCUT2D eigenvalue weighted by Crippen LogP contribution is 2.22. The lowest BCUT2D eigenvalue weighted by Crippen LogP contribution is -2.60. The summed E-state index contributed by atoms with van der Waals surface area (Å²) in [5.41, 5.74) is 1.06. The fraction of sp³-hybridized carbons (Fsp3) is 0.400. The normalized spacial score (nSPS) is 14.9. The molecule has 0 radical (unpaired) electrons. The number of carbonyl (C=O) groups is 1. The van der Waals surface area contributed by atoms with Crippen molar-refractivity contribution in [1.29, 1.82) is 0 Å². The smallest absolute Gasteiger partial charge is 0.276 e. The number of fused-ring (bicyclic) bond motifs is 1. The molecule has 1 amide bonds. The highest BCUT2D eigenvalue weighted by Gasteiger charge is 2.34. The number of rotatable bonds is 3. The van der Waals surface area contributed by atoms with Crippen molar-refractivity contribution < 1.29 is 9.32 Å². The molecule has 3 aromatic heterocycles. The molecule has 0 aromatic carbocycles. The number of hydrogen-bond donors (Lipinski definition) is 0. The minimum atomic E-state index is -0.130. The number of anilines is 1. The van der Waals surface area contributed by atoms with Gasteiger partial charge in [0.25, 0.3) is 5.91 Å². The zero-order chi connectivity index (χ0) is 16.8. The van der Waals surface area contributed by atoms with Crippen LogP contribution in [0.25, 0.3) is 5.65 Å².